The van der Waals surface area contributed by atoms with Crippen LogP contribution in [0.15, 0.2) is 69.6 Å². The molecule has 6 nitrogen and oxygen atoms in total. The molecule has 3 aromatic rings. The number of ether oxygens (including phenoxy) is 2. The molecular formula is C28H30N2O4S. The monoisotopic (exact) mass is 490 g/mol. The number of hydrogen-bond donors (Lipinski definition) is 0. The molecule has 0 N–H and O–H groups in total. The van der Waals surface area contributed by atoms with Gasteiger partial charge in [-0.2, -0.15) is 0 Å². The number of rotatable bonds is 7. The van der Waals surface area contributed by atoms with Gasteiger partial charge in [0.1, 0.15) is 5.75 Å². The number of allylic oxidation sites excluding steroid dienone is 1. The Morgan fingerprint density at radius 1 is 1.11 bits per heavy atom. The second-order valence-corrected chi connectivity index (χ2v) is 9.63. The fourth-order valence-corrected chi connectivity index (χ4v) is 5.01. The average Bonchev–Trinajstić information content (AvgIpc) is 3.14. The van der Waals surface area contributed by atoms with Gasteiger partial charge in [-0.1, -0.05) is 60.2 Å². The van der Waals surface area contributed by atoms with Gasteiger partial charge in [0, 0.05) is 0 Å². The van der Waals surface area contributed by atoms with Crippen LogP contribution in [-0.4, -0.2) is 23.2 Å². The molecule has 2 aromatic carbocycles. The summed E-state index contributed by atoms with van der Waals surface area (Å²) in [5.74, 6) is 0.345. The molecule has 0 aliphatic carbocycles. The van der Waals surface area contributed by atoms with Gasteiger partial charge in [0.15, 0.2) is 4.80 Å². The predicted molar refractivity (Wildman–Crippen MR) is 138 cm³/mol. The largest absolute Gasteiger partial charge is 0.491 e. The Morgan fingerprint density at radius 3 is 2.43 bits per heavy atom. The summed E-state index contributed by atoms with van der Waals surface area (Å²) in [6.45, 7) is 9.92. The number of carbonyl (C=O) groups is 1. The number of carbonyl (C=O) groups excluding carboxylic acids is 1. The Hall–Kier alpha value is -3.45. The van der Waals surface area contributed by atoms with E-state index in [1.807, 2.05) is 68.5 Å². The van der Waals surface area contributed by atoms with Gasteiger partial charge in [-0.3, -0.25) is 9.36 Å². The molecule has 0 amide bonds. The lowest BCUT2D eigenvalue weighted by molar-refractivity contribution is -0.139. The van der Waals surface area contributed by atoms with Crippen molar-refractivity contribution in [1.82, 2.24) is 4.57 Å². The summed E-state index contributed by atoms with van der Waals surface area (Å²) in [4.78, 5) is 31.8. The van der Waals surface area contributed by atoms with Crippen molar-refractivity contribution in [3.8, 4) is 5.75 Å². The lowest BCUT2D eigenvalue weighted by Gasteiger charge is -2.24. The Morgan fingerprint density at radius 2 is 1.80 bits per heavy atom. The average molecular weight is 491 g/mol. The van der Waals surface area contributed by atoms with Crippen LogP contribution in [0.2, 0.25) is 0 Å². The lowest BCUT2D eigenvalue weighted by atomic mass is 9.95. The zero-order valence-corrected chi connectivity index (χ0v) is 21.5. The molecule has 0 saturated carbocycles. The Labute approximate surface area is 208 Å². The number of hydrogen-bond acceptors (Lipinski definition) is 6. The number of aromatic nitrogens is 1. The first-order valence-electron chi connectivity index (χ1n) is 11.8. The van der Waals surface area contributed by atoms with E-state index in [0.717, 1.165) is 28.9 Å². The van der Waals surface area contributed by atoms with E-state index in [0.29, 0.717) is 20.6 Å². The van der Waals surface area contributed by atoms with E-state index in [1.54, 1.807) is 18.4 Å². The van der Waals surface area contributed by atoms with Crippen LogP contribution >= 0.6 is 11.3 Å². The molecule has 2 heterocycles. The third-order valence-electron chi connectivity index (χ3n) is 6.00. The summed E-state index contributed by atoms with van der Waals surface area (Å²) in [5, 5.41) is 0. The number of esters is 1. The van der Waals surface area contributed by atoms with Crippen LogP contribution < -0.4 is 19.6 Å². The van der Waals surface area contributed by atoms with Crippen LogP contribution in [0.4, 0.5) is 0 Å². The van der Waals surface area contributed by atoms with E-state index >= 15 is 0 Å². The van der Waals surface area contributed by atoms with Crippen LogP contribution in [0.1, 0.15) is 56.8 Å². The summed E-state index contributed by atoms with van der Waals surface area (Å²) < 4.78 is 13.4. The van der Waals surface area contributed by atoms with Gasteiger partial charge in [0.2, 0.25) is 0 Å². The first kappa shape index (κ1) is 24.7. The van der Waals surface area contributed by atoms with E-state index in [4.69, 9.17) is 9.47 Å². The van der Waals surface area contributed by atoms with Crippen molar-refractivity contribution in [1.29, 1.82) is 0 Å². The van der Waals surface area contributed by atoms with Crippen LogP contribution in [0.25, 0.3) is 6.08 Å². The summed E-state index contributed by atoms with van der Waals surface area (Å²) in [5.41, 5.74) is 3.59. The highest BCUT2D eigenvalue weighted by Gasteiger charge is 2.33. The summed E-state index contributed by atoms with van der Waals surface area (Å²) in [6, 6.07) is 14.9. The Kier molecular flexibility index (Phi) is 7.36. The van der Waals surface area contributed by atoms with Gasteiger partial charge in [0.05, 0.1) is 34.6 Å². The fourth-order valence-electron chi connectivity index (χ4n) is 3.97. The smallest absolute Gasteiger partial charge is 0.338 e. The topological polar surface area (TPSA) is 69.9 Å². The van der Waals surface area contributed by atoms with Crippen molar-refractivity contribution in [3.63, 3.8) is 0 Å². The van der Waals surface area contributed by atoms with Crippen molar-refractivity contribution < 1.29 is 14.3 Å². The maximum absolute atomic E-state index is 13.6. The minimum absolute atomic E-state index is 0.142. The SMILES string of the molecule is CCOC(=O)C1=C(C)N=c2s/c(=C/c3ccc(O[C@H](C)CC)cc3)c(=O)n2[C@H]1c1ccc(C)cc1. The molecule has 182 valence electrons. The molecule has 1 aliphatic rings. The minimum Gasteiger partial charge on any atom is -0.491 e. The molecule has 7 heteroatoms. The molecule has 0 fully saturated rings. The number of nitrogens with zero attached hydrogens (tertiary/aromatic N) is 2. The van der Waals surface area contributed by atoms with E-state index in [2.05, 4.69) is 11.9 Å². The number of benzene rings is 2. The van der Waals surface area contributed by atoms with Gasteiger partial charge in [-0.05, 0) is 63.5 Å². The van der Waals surface area contributed by atoms with Crippen molar-refractivity contribution in [2.45, 2.75) is 53.2 Å². The van der Waals surface area contributed by atoms with Gasteiger partial charge >= 0.3 is 5.97 Å². The first-order chi connectivity index (χ1) is 16.8. The highest BCUT2D eigenvalue weighted by Crippen LogP contribution is 2.30. The molecule has 0 radical (unpaired) electrons. The molecule has 2 atom stereocenters. The molecule has 0 bridgehead atoms. The zero-order chi connectivity index (χ0) is 25.1. The first-order valence-corrected chi connectivity index (χ1v) is 12.7. The third kappa shape index (κ3) is 5.15. The quantitative estimate of drug-likeness (QED) is 0.464. The standard InChI is InChI=1S/C28H30N2O4S/c1-6-18(4)34-22-14-10-20(11-15-22)16-23-26(31)30-25(21-12-8-17(3)9-13-21)24(27(32)33-7-2)19(5)29-28(30)35-23/h8-16,18,25H,6-7H2,1-5H3/b23-16+/t18-,25+/m1/s1. The molecule has 35 heavy (non-hydrogen) atoms. The summed E-state index contributed by atoms with van der Waals surface area (Å²) in [7, 11) is 0. The molecular weight excluding hydrogens is 460 g/mol. The van der Waals surface area contributed by atoms with Crippen LogP contribution in [0.3, 0.4) is 0 Å². The molecule has 1 aromatic heterocycles. The maximum atomic E-state index is 13.6. The highest BCUT2D eigenvalue weighted by atomic mass is 32.1. The van der Waals surface area contributed by atoms with Crippen molar-refractivity contribution in [2.24, 2.45) is 4.99 Å². The predicted octanol–water partition coefficient (Wildman–Crippen LogP) is 4.28. The number of thiazole rings is 1. The van der Waals surface area contributed by atoms with Gasteiger partial charge in [-0.25, -0.2) is 9.79 Å². The molecule has 0 unspecified atom stereocenters. The summed E-state index contributed by atoms with van der Waals surface area (Å²) in [6.07, 6.45) is 2.92. The Bertz CT molecular complexity index is 1430. The van der Waals surface area contributed by atoms with E-state index in [-0.39, 0.29) is 18.3 Å². The number of aryl methyl sites for hydroxylation is 1. The second kappa shape index (κ2) is 10.4. The summed E-state index contributed by atoms with van der Waals surface area (Å²) >= 11 is 1.32. The van der Waals surface area contributed by atoms with Gasteiger partial charge in [-0.15, -0.1) is 0 Å². The normalized spacial score (nSPS) is 16.5. The fraction of sp³-hybridized carbons (Fsp3) is 0.321. The van der Waals surface area contributed by atoms with Crippen LogP contribution in [0, 0.1) is 6.92 Å². The molecule has 0 spiro atoms. The lowest BCUT2D eigenvalue weighted by Crippen LogP contribution is -2.39. The maximum Gasteiger partial charge on any atom is 0.338 e. The van der Waals surface area contributed by atoms with E-state index in [9.17, 15) is 9.59 Å². The van der Waals surface area contributed by atoms with Crippen LogP contribution in [0.5, 0.6) is 5.75 Å². The Balaban J connectivity index is 1.82. The highest BCUT2D eigenvalue weighted by molar-refractivity contribution is 7.07. The minimum atomic E-state index is -0.598. The number of fused-ring (bicyclic) bond motifs is 1. The van der Waals surface area contributed by atoms with E-state index in [1.165, 1.54) is 11.3 Å². The second-order valence-electron chi connectivity index (χ2n) is 8.62. The van der Waals surface area contributed by atoms with Crippen molar-refractivity contribution in [2.75, 3.05) is 6.61 Å². The van der Waals surface area contributed by atoms with Crippen molar-refractivity contribution in [3.05, 3.63) is 96.2 Å². The van der Waals surface area contributed by atoms with Gasteiger partial charge < -0.3 is 9.47 Å². The van der Waals surface area contributed by atoms with E-state index < -0.39 is 12.0 Å². The van der Waals surface area contributed by atoms with Crippen molar-refractivity contribution >= 4 is 23.4 Å². The molecule has 4 rings (SSSR count). The van der Waals surface area contributed by atoms with Gasteiger partial charge in [0.25, 0.3) is 5.56 Å². The van der Waals surface area contributed by atoms with Crippen LogP contribution in [-0.2, 0) is 9.53 Å². The third-order valence-corrected chi connectivity index (χ3v) is 6.98. The molecule has 1 aliphatic heterocycles. The zero-order valence-electron chi connectivity index (χ0n) is 20.7. The molecule has 0 saturated heterocycles.